The third-order valence-electron chi connectivity index (χ3n) is 6.21. The maximum atomic E-state index is 13.3. The topological polar surface area (TPSA) is 60.9 Å². The number of fused-ring (bicyclic) bond motifs is 1. The van der Waals surface area contributed by atoms with E-state index < -0.39 is 5.91 Å². The van der Waals surface area contributed by atoms with E-state index in [1.54, 1.807) is 0 Å². The molecule has 0 aliphatic heterocycles. The van der Waals surface area contributed by atoms with Crippen molar-refractivity contribution in [1.29, 1.82) is 0 Å². The SMILES string of the molecule is NC(=O)c1nn(C2CCCCC2)c2c1CCCCC2Cc1ccc(F)cc1. The Kier molecular flexibility index (Phi) is 5.28. The first-order chi connectivity index (χ1) is 13.1. The molecule has 0 saturated heterocycles. The fourth-order valence-electron chi connectivity index (χ4n) is 4.90. The molecule has 0 spiro atoms. The summed E-state index contributed by atoms with van der Waals surface area (Å²) in [7, 11) is 0. The molecule has 2 aromatic rings. The van der Waals surface area contributed by atoms with Crippen LogP contribution in [0.25, 0.3) is 0 Å². The lowest BCUT2D eigenvalue weighted by Gasteiger charge is -2.27. The van der Waals surface area contributed by atoms with E-state index in [-0.39, 0.29) is 5.82 Å². The molecule has 27 heavy (non-hydrogen) atoms. The zero-order chi connectivity index (χ0) is 18.8. The number of aromatic nitrogens is 2. The van der Waals surface area contributed by atoms with Gasteiger partial charge in [-0.15, -0.1) is 0 Å². The summed E-state index contributed by atoms with van der Waals surface area (Å²) in [6.07, 6.45) is 10.9. The van der Waals surface area contributed by atoms with Crippen molar-refractivity contribution in [2.45, 2.75) is 76.2 Å². The van der Waals surface area contributed by atoms with Crippen molar-refractivity contribution in [1.82, 2.24) is 9.78 Å². The molecule has 144 valence electrons. The van der Waals surface area contributed by atoms with Crippen LogP contribution in [0.15, 0.2) is 24.3 Å². The maximum absolute atomic E-state index is 13.3. The van der Waals surface area contributed by atoms with Gasteiger partial charge in [-0.3, -0.25) is 9.48 Å². The first kappa shape index (κ1) is 18.2. The standard InChI is InChI=1S/C22H28FN3O/c23-17-12-10-15(11-13-17)14-16-6-4-5-9-19-20(22(24)27)25-26(21(16)19)18-7-2-1-3-8-18/h10-13,16,18H,1-9,14H2,(H2,24,27). The number of nitrogens with zero attached hydrogens (tertiary/aromatic N) is 2. The predicted octanol–water partition coefficient (Wildman–Crippen LogP) is 4.68. The Labute approximate surface area is 159 Å². The molecule has 0 radical (unpaired) electrons. The van der Waals surface area contributed by atoms with Crippen molar-refractivity contribution in [3.63, 3.8) is 0 Å². The molecule has 1 aromatic carbocycles. The summed E-state index contributed by atoms with van der Waals surface area (Å²) in [5.74, 6) is -0.317. The fraction of sp³-hybridized carbons (Fsp3) is 0.545. The van der Waals surface area contributed by atoms with Gasteiger partial charge in [-0.25, -0.2) is 4.39 Å². The Morgan fingerprint density at radius 1 is 1.07 bits per heavy atom. The number of carbonyl (C=O) groups excluding carboxylic acids is 1. The molecule has 2 N–H and O–H groups in total. The van der Waals surface area contributed by atoms with Gasteiger partial charge >= 0.3 is 0 Å². The van der Waals surface area contributed by atoms with Crippen LogP contribution in [0.4, 0.5) is 4.39 Å². The molecule has 5 heteroatoms. The molecule has 1 aromatic heterocycles. The van der Waals surface area contributed by atoms with Crippen LogP contribution in [0.3, 0.4) is 0 Å². The van der Waals surface area contributed by atoms with Crippen molar-refractivity contribution >= 4 is 5.91 Å². The molecule has 0 bridgehead atoms. The van der Waals surface area contributed by atoms with Gasteiger partial charge in [0.25, 0.3) is 5.91 Å². The first-order valence-corrected chi connectivity index (χ1v) is 10.3. The maximum Gasteiger partial charge on any atom is 0.269 e. The number of benzene rings is 1. The van der Waals surface area contributed by atoms with Gasteiger partial charge in [-0.05, 0) is 56.2 Å². The van der Waals surface area contributed by atoms with Gasteiger partial charge in [0.1, 0.15) is 5.82 Å². The molecule has 2 aliphatic rings. The van der Waals surface area contributed by atoms with E-state index in [1.807, 2.05) is 12.1 Å². The number of hydrogen-bond donors (Lipinski definition) is 1. The van der Waals surface area contributed by atoms with Crippen molar-refractivity contribution < 1.29 is 9.18 Å². The van der Waals surface area contributed by atoms with Crippen LogP contribution in [0.1, 0.15) is 90.6 Å². The number of halogens is 1. The zero-order valence-corrected chi connectivity index (χ0v) is 15.8. The first-order valence-electron chi connectivity index (χ1n) is 10.3. The van der Waals surface area contributed by atoms with Crippen LogP contribution in [0, 0.1) is 5.82 Å². The second kappa shape index (κ2) is 7.83. The summed E-state index contributed by atoms with van der Waals surface area (Å²) >= 11 is 0. The van der Waals surface area contributed by atoms with E-state index in [0.717, 1.165) is 56.1 Å². The van der Waals surface area contributed by atoms with E-state index in [4.69, 9.17) is 10.8 Å². The molecular weight excluding hydrogens is 341 g/mol. The lowest BCUT2D eigenvalue weighted by molar-refractivity contribution is 0.0993. The zero-order valence-electron chi connectivity index (χ0n) is 15.8. The normalized spacial score (nSPS) is 20.9. The smallest absolute Gasteiger partial charge is 0.269 e. The molecule has 1 fully saturated rings. The summed E-state index contributed by atoms with van der Waals surface area (Å²) in [4.78, 5) is 12.1. The van der Waals surface area contributed by atoms with E-state index >= 15 is 0 Å². The lowest BCUT2D eigenvalue weighted by atomic mass is 9.89. The summed E-state index contributed by atoms with van der Waals surface area (Å²) < 4.78 is 15.5. The minimum Gasteiger partial charge on any atom is -0.364 e. The third kappa shape index (κ3) is 3.78. The number of primary amides is 1. The van der Waals surface area contributed by atoms with E-state index in [2.05, 4.69) is 4.68 Å². The highest BCUT2D eigenvalue weighted by molar-refractivity contribution is 5.92. The summed E-state index contributed by atoms with van der Waals surface area (Å²) in [6.45, 7) is 0. The van der Waals surface area contributed by atoms with Crippen LogP contribution in [0.5, 0.6) is 0 Å². The number of rotatable bonds is 4. The Hall–Kier alpha value is -2.17. The largest absolute Gasteiger partial charge is 0.364 e. The van der Waals surface area contributed by atoms with Gasteiger partial charge in [-0.1, -0.05) is 37.8 Å². The monoisotopic (exact) mass is 369 g/mol. The Morgan fingerprint density at radius 3 is 2.48 bits per heavy atom. The molecule has 1 heterocycles. The van der Waals surface area contributed by atoms with Gasteiger partial charge in [0.05, 0.1) is 6.04 Å². The highest BCUT2D eigenvalue weighted by atomic mass is 19.1. The predicted molar refractivity (Wildman–Crippen MR) is 103 cm³/mol. The number of hydrogen-bond acceptors (Lipinski definition) is 2. The number of carbonyl (C=O) groups is 1. The molecule has 1 amide bonds. The summed E-state index contributed by atoms with van der Waals surface area (Å²) in [6, 6.07) is 7.17. The molecule has 4 nitrogen and oxygen atoms in total. The van der Waals surface area contributed by atoms with Crippen LogP contribution in [-0.2, 0) is 12.8 Å². The number of nitrogens with two attached hydrogens (primary N) is 1. The molecule has 1 saturated carbocycles. The Morgan fingerprint density at radius 2 is 1.78 bits per heavy atom. The number of amides is 1. The second-order valence-electron chi connectivity index (χ2n) is 8.09. The molecule has 2 aliphatic carbocycles. The quantitative estimate of drug-likeness (QED) is 0.796. The van der Waals surface area contributed by atoms with Gasteiger partial charge in [0.15, 0.2) is 5.69 Å². The fourth-order valence-corrected chi connectivity index (χ4v) is 4.90. The second-order valence-corrected chi connectivity index (χ2v) is 8.09. The van der Waals surface area contributed by atoms with Gasteiger partial charge in [-0.2, -0.15) is 5.10 Å². The van der Waals surface area contributed by atoms with Gasteiger partial charge in [0.2, 0.25) is 0 Å². The molecule has 1 atom stereocenters. The van der Waals surface area contributed by atoms with Crippen LogP contribution in [-0.4, -0.2) is 15.7 Å². The van der Waals surface area contributed by atoms with Gasteiger partial charge in [0, 0.05) is 17.2 Å². The summed E-state index contributed by atoms with van der Waals surface area (Å²) in [5, 5.41) is 4.74. The highest BCUT2D eigenvalue weighted by Crippen LogP contribution is 2.39. The van der Waals surface area contributed by atoms with E-state index in [0.29, 0.717) is 17.7 Å². The third-order valence-corrected chi connectivity index (χ3v) is 6.21. The minimum atomic E-state index is -0.414. The molecule has 4 rings (SSSR count). The van der Waals surface area contributed by atoms with Gasteiger partial charge < -0.3 is 5.73 Å². The van der Waals surface area contributed by atoms with E-state index in [9.17, 15) is 9.18 Å². The lowest BCUT2D eigenvalue weighted by Crippen LogP contribution is -2.20. The van der Waals surface area contributed by atoms with Crippen LogP contribution < -0.4 is 5.73 Å². The van der Waals surface area contributed by atoms with Crippen molar-refractivity contribution in [2.24, 2.45) is 5.73 Å². The van der Waals surface area contributed by atoms with Crippen molar-refractivity contribution in [3.8, 4) is 0 Å². The average Bonchev–Trinajstić information content (AvgIpc) is 2.95. The van der Waals surface area contributed by atoms with Crippen LogP contribution in [0.2, 0.25) is 0 Å². The van der Waals surface area contributed by atoms with Crippen molar-refractivity contribution in [2.75, 3.05) is 0 Å². The minimum absolute atomic E-state index is 0.205. The average molecular weight is 369 g/mol. The Bertz CT molecular complexity index is 806. The van der Waals surface area contributed by atoms with Crippen LogP contribution >= 0.6 is 0 Å². The van der Waals surface area contributed by atoms with Crippen molar-refractivity contribution in [3.05, 3.63) is 52.6 Å². The summed E-state index contributed by atoms with van der Waals surface area (Å²) in [5.41, 5.74) is 9.58. The Balaban J connectivity index is 1.75. The molecule has 1 unspecified atom stereocenters. The van der Waals surface area contributed by atoms with E-state index in [1.165, 1.54) is 37.1 Å². The molecular formula is C22H28FN3O. The highest BCUT2D eigenvalue weighted by Gasteiger charge is 2.32.